The molecular formula is C12H7F3N6OS. The third kappa shape index (κ3) is 3.34. The van der Waals surface area contributed by atoms with Crippen molar-refractivity contribution in [3.05, 3.63) is 40.9 Å². The van der Waals surface area contributed by atoms with E-state index in [-0.39, 0.29) is 17.2 Å². The van der Waals surface area contributed by atoms with Crippen molar-refractivity contribution in [3.8, 4) is 10.6 Å². The molecule has 0 bridgehead atoms. The Morgan fingerprint density at radius 3 is 2.83 bits per heavy atom. The maximum atomic E-state index is 12.7. The zero-order chi connectivity index (χ0) is 16.4. The van der Waals surface area contributed by atoms with E-state index in [0.29, 0.717) is 5.01 Å². The Labute approximate surface area is 130 Å². The lowest BCUT2D eigenvalue weighted by Crippen LogP contribution is -2.13. The summed E-state index contributed by atoms with van der Waals surface area (Å²) < 4.78 is 38.2. The highest BCUT2D eigenvalue weighted by Gasteiger charge is 2.30. The molecule has 0 saturated carbocycles. The summed E-state index contributed by atoms with van der Waals surface area (Å²) in [6.07, 6.45) is -4.44. The second-order valence-electron chi connectivity index (χ2n) is 4.32. The van der Waals surface area contributed by atoms with Crippen LogP contribution in [-0.2, 0) is 6.18 Å². The minimum atomic E-state index is -4.44. The van der Waals surface area contributed by atoms with Gasteiger partial charge in [-0.2, -0.15) is 13.2 Å². The number of halogens is 3. The van der Waals surface area contributed by atoms with Gasteiger partial charge in [-0.15, -0.1) is 11.3 Å². The van der Waals surface area contributed by atoms with Gasteiger partial charge in [0.15, 0.2) is 0 Å². The molecule has 2 aromatic heterocycles. The number of benzene rings is 1. The lowest BCUT2D eigenvalue weighted by atomic mass is 10.1. The van der Waals surface area contributed by atoms with Crippen molar-refractivity contribution in [2.24, 2.45) is 0 Å². The summed E-state index contributed by atoms with van der Waals surface area (Å²) in [5, 5.41) is 16.5. The first kappa shape index (κ1) is 15.1. The van der Waals surface area contributed by atoms with Crippen LogP contribution in [0.25, 0.3) is 10.6 Å². The van der Waals surface area contributed by atoms with Crippen LogP contribution < -0.4 is 5.32 Å². The number of aromatic amines is 1. The second kappa shape index (κ2) is 5.76. The third-order valence-electron chi connectivity index (χ3n) is 2.75. The minimum Gasteiger partial charge on any atom is -0.288 e. The molecule has 0 aliphatic rings. The number of nitrogens with one attached hydrogen (secondary N) is 2. The fourth-order valence-electron chi connectivity index (χ4n) is 1.72. The normalized spacial score (nSPS) is 11.4. The third-order valence-corrected chi connectivity index (χ3v) is 3.64. The number of H-pyrrole nitrogens is 1. The van der Waals surface area contributed by atoms with E-state index in [1.807, 2.05) is 0 Å². The first-order chi connectivity index (χ1) is 10.9. The second-order valence-corrected chi connectivity index (χ2v) is 5.18. The molecule has 2 heterocycles. The molecule has 0 aliphatic carbocycles. The summed E-state index contributed by atoms with van der Waals surface area (Å²) >= 11 is 1.06. The number of hydrogen-bond acceptors (Lipinski definition) is 6. The van der Waals surface area contributed by atoms with Gasteiger partial charge in [-0.05, 0) is 22.6 Å². The molecule has 1 amide bonds. The van der Waals surface area contributed by atoms with Crippen LogP contribution in [0.1, 0.15) is 16.1 Å². The zero-order valence-corrected chi connectivity index (χ0v) is 11.9. The average molecular weight is 340 g/mol. The summed E-state index contributed by atoms with van der Waals surface area (Å²) in [5.74, 6) is -0.526. The highest BCUT2D eigenvalue weighted by molar-refractivity contribution is 7.13. The predicted molar refractivity (Wildman–Crippen MR) is 74.7 cm³/mol. The van der Waals surface area contributed by atoms with Crippen molar-refractivity contribution in [3.63, 3.8) is 0 Å². The van der Waals surface area contributed by atoms with Gasteiger partial charge in [0.05, 0.1) is 5.56 Å². The number of amides is 1. The van der Waals surface area contributed by atoms with Gasteiger partial charge in [0.25, 0.3) is 5.91 Å². The van der Waals surface area contributed by atoms with Crippen molar-refractivity contribution in [1.29, 1.82) is 0 Å². The zero-order valence-electron chi connectivity index (χ0n) is 11.1. The van der Waals surface area contributed by atoms with Crippen molar-refractivity contribution in [2.45, 2.75) is 6.18 Å². The Bertz CT molecular complexity index is 829. The predicted octanol–water partition coefficient (Wildman–Crippen LogP) is 2.59. The number of alkyl halides is 3. The van der Waals surface area contributed by atoms with Crippen LogP contribution in [0.15, 0.2) is 29.6 Å². The fraction of sp³-hybridized carbons (Fsp3) is 0.0833. The molecule has 0 unspecified atom stereocenters. The van der Waals surface area contributed by atoms with E-state index in [2.05, 4.69) is 30.9 Å². The van der Waals surface area contributed by atoms with Crippen molar-refractivity contribution in [1.82, 2.24) is 25.6 Å². The summed E-state index contributed by atoms with van der Waals surface area (Å²) in [6.45, 7) is 0. The molecule has 118 valence electrons. The molecule has 23 heavy (non-hydrogen) atoms. The summed E-state index contributed by atoms with van der Waals surface area (Å²) in [7, 11) is 0. The summed E-state index contributed by atoms with van der Waals surface area (Å²) in [6, 6.07) is 4.75. The summed E-state index contributed by atoms with van der Waals surface area (Å²) in [5.41, 5.74) is -0.437. The number of hydrogen-bond donors (Lipinski definition) is 2. The highest BCUT2D eigenvalue weighted by Crippen LogP contribution is 2.33. The molecule has 2 N–H and O–H groups in total. The Morgan fingerprint density at radius 1 is 1.30 bits per heavy atom. The van der Waals surface area contributed by atoms with Crippen LogP contribution in [0, 0.1) is 0 Å². The van der Waals surface area contributed by atoms with E-state index < -0.39 is 17.6 Å². The maximum Gasteiger partial charge on any atom is 0.416 e. The van der Waals surface area contributed by atoms with Crippen LogP contribution in [0.4, 0.5) is 19.1 Å². The quantitative estimate of drug-likeness (QED) is 0.764. The maximum absolute atomic E-state index is 12.7. The molecule has 0 aliphatic heterocycles. The van der Waals surface area contributed by atoms with Crippen LogP contribution >= 0.6 is 11.3 Å². The Balaban J connectivity index is 1.83. The molecule has 1 aromatic carbocycles. The molecule has 0 atom stereocenters. The Kier molecular flexibility index (Phi) is 3.78. The monoisotopic (exact) mass is 340 g/mol. The number of nitrogens with zero attached hydrogens (tertiary/aromatic N) is 4. The molecule has 0 spiro atoms. The van der Waals surface area contributed by atoms with Crippen LogP contribution in [-0.4, -0.2) is 31.5 Å². The standard InChI is InChI=1S/C12H7F3N6OS/c13-12(14,15)7-3-1-2-6(4-7)10-16-8(5-23-10)9(22)17-11-18-20-21-19-11/h1-5H,(H2,17,18,19,20,21,22). The molecular weight excluding hydrogens is 333 g/mol. The van der Waals surface area contributed by atoms with E-state index in [4.69, 9.17) is 0 Å². The fourth-order valence-corrected chi connectivity index (χ4v) is 2.52. The minimum absolute atomic E-state index is 0.0450. The van der Waals surface area contributed by atoms with Gasteiger partial charge in [-0.1, -0.05) is 17.2 Å². The SMILES string of the molecule is O=C(Nc1nnn[nH]1)c1csc(-c2cccc(C(F)(F)F)c2)n1. The summed E-state index contributed by atoms with van der Waals surface area (Å²) in [4.78, 5) is 16.0. The molecule has 3 aromatic rings. The first-order valence-electron chi connectivity index (χ1n) is 6.12. The smallest absolute Gasteiger partial charge is 0.288 e. The van der Waals surface area contributed by atoms with Crippen LogP contribution in [0.3, 0.4) is 0 Å². The van der Waals surface area contributed by atoms with Crippen molar-refractivity contribution >= 4 is 23.2 Å². The topological polar surface area (TPSA) is 96.5 Å². The van der Waals surface area contributed by atoms with Crippen molar-refractivity contribution < 1.29 is 18.0 Å². The molecule has 0 fully saturated rings. The average Bonchev–Trinajstić information content (AvgIpc) is 3.17. The number of rotatable bonds is 3. The van der Waals surface area contributed by atoms with E-state index in [1.165, 1.54) is 17.5 Å². The van der Waals surface area contributed by atoms with Gasteiger partial charge in [-0.3, -0.25) is 10.1 Å². The first-order valence-corrected chi connectivity index (χ1v) is 7.00. The molecule has 7 nitrogen and oxygen atoms in total. The number of thiazole rings is 1. The van der Waals surface area contributed by atoms with E-state index in [1.54, 1.807) is 0 Å². The molecule has 0 saturated heterocycles. The highest BCUT2D eigenvalue weighted by atomic mass is 32.1. The van der Waals surface area contributed by atoms with Gasteiger partial charge in [0.2, 0.25) is 5.95 Å². The largest absolute Gasteiger partial charge is 0.416 e. The number of carbonyl (C=O) groups is 1. The number of aromatic nitrogens is 5. The molecule has 3 rings (SSSR count). The van der Waals surface area contributed by atoms with Crippen LogP contribution in [0.2, 0.25) is 0 Å². The van der Waals surface area contributed by atoms with Gasteiger partial charge in [0, 0.05) is 10.9 Å². The Hall–Kier alpha value is -2.82. The van der Waals surface area contributed by atoms with Gasteiger partial charge < -0.3 is 0 Å². The number of carbonyl (C=O) groups excluding carboxylic acids is 1. The van der Waals surface area contributed by atoms with E-state index in [0.717, 1.165) is 23.5 Å². The van der Waals surface area contributed by atoms with Gasteiger partial charge in [-0.25, -0.2) is 10.1 Å². The lowest BCUT2D eigenvalue weighted by Gasteiger charge is -2.07. The molecule has 0 radical (unpaired) electrons. The van der Waals surface area contributed by atoms with Crippen LogP contribution in [0.5, 0.6) is 0 Å². The number of anilines is 1. The van der Waals surface area contributed by atoms with Gasteiger partial charge >= 0.3 is 6.18 Å². The lowest BCUT2D eigenvalue weighted by molar-refractivity contribution is -0.137. The van der Waals surface area contributed by atoms with Gasteiger partial charge in [0.1, 0.15) is 10.7 Å². The molecule has 11 heteroatoms. The van der Waals surface area contributed by atoms with Crippen molar-refractivity contribution in [2.75, 3.05) is 5.32 Å². The van der Waals surface area contributed by atoms with E-state index in [9.17, 15) is 18.0 Å². The Morgan fingerprint density at radius 2 is 2.13 bits per heavy atom. The van der Waals surface area contributed by atoms with E-state index >= 15 is 0 Å². The number of tetrazole rings is 1.